The van der Waals surface area contributed by atoms with Gasteiger partial charge >= 0.3 is 0 Å². The van der Waals surface area contributed by atoms with Crippen molar-refractivity contribution in [3.8, 4) is 0 Å². The summed E-state index contributed by atoms with van der Waals surface area (Å²) in [5.74, 6) is 1.16. The highest BCUT2D eigenvalue weighted by molar-refractivity contribution is 7.99. The van der Waals surface area contributed by atoms with E-state index in [1.165, 1.54) is 10.6 Å². The van der Waals surface area contributed by atoms with Gasteiger partial charge in [-0.05, 0) is 13.0 Å². The molecule has 0 unspecified atom stereocenters. The molecule has 0 fully saturated rings. The number of pyridine rings is 1. The van der Waals surface area contributed by atoms with Gasteiger partial charge < -0.3 is 5.32 Å². The van der Waals surface area contributed by atoms with E-state index in [-0.39, 0.29) is 0 Å². The first-order valence-corrected chi connectivity index (χ1v) is 4.68. The van der Waals surface area contributed by atoms with Crippen molar-refractivity contribution < 1.29 is 0 Å². The Labute approximate surface area is 70.4 Å². The van der Waals surface area contributed by atoms with E-state index in [1.807, 2.05) is 24.9 Å². The number of hydrogen-bond donors (Lipinski definition) is 1. The van der Waals surface area contributed by atoms with Crippen LogP contribution in [-0.2, 0) is 0 Å². The van der Waals surface area contributed by atoms with E-state index in [4.69, 9.17) is 0 Å². The number of nitrogens with zero attached hydrogens (tertiary/aromatic N) is 1. The minimum absolute atomic E-state index is 1.06. The maximum absolute atomic E-state index is 4.22. The molecule has 1 aromatic rings. The Bertz CT molecular complexity index is 273. The predicted molar refractivity (Wildman–Crippen MR) is 48.2 cm³/mol. The highest BCUT2D eigenvalue weighted by atomic mass is 32.2. The highest BCUT2D eigenvalue weighted by Gasteiger charge is 2.08. The molecule has 0 aromatic carbocycles. The van der Waals surface area contributed by atoms with Gasteiger partial charge in [-0.3, -0.25) is 4.98 Å². The highest BCUT2D eigenvalue weighted by Crippen LogP contribution is 2.29. The number of hydrogen-bond acceptors (Lipinski definition) is 3. The number of thioether (sulfide) groups is 1. The predicted octanol–water partition coefficient (Wildman–Crippen LogP) is 1.91. The Hall–Kier alpha value is -0.700. The number of fused-ring (bicyclic) bond motifs is 1. The van der Waals surface area contributed by atoms with Crippen molar-refractivity contribution in [3.05, 3.63) is 18.0 Å². The Morgan fingerprint density at radius 3 is 3.45 bits per heavy atom. The maximum Gasteiger partial charge on any atom is 0.0665 e. The number of nitrogens with one attached hydrogen (secondary N) is 1. The molecule has 1 aliphatic heterocycles. The second-order valence-corrected chi connectivity index (χ2v) is 3.73. The van der Waals surface area contributed by atoms with Crippen molar-refractivity contribution >= 4 is 17.4 Å². The molecule has 2 nitrogen and oxygen atoms in total. The molecule has 0 saturated carbocycles. The van der Waals surface area contributed by atoms with Gasteiger partial charge in [-0.2, -0.15) is 0 Å². The van der Waals surface area contributed by atoms with Crippen LogP contribution in [0.15, 0.2) is 17.2 Å². The normalized spacial score (nSPS) is 15.4. The van der Waals surface area contributed by atoms with Crippen LogP contribution in [0.3, 0.4) is 0 Å². The molecule has 1 N–H and O–H groups in total. The fourth-order valence-electron chi connectivity index (χ4n) is 1.13. The minimum Gasteiger partial charge on any atom is -0.382 e. The van der Waals surface area contributed by atoms with Crippen LogP contribution >= 0.6 is 11.8 Å². The monoisotopic (exact) mass is 166 g/mol. The molecule has 0 radical (unpaired) electrons. The van der Waals surface area contributed by atoms with Crippen LogP contribution in [0.4, 0.5) is 5.69 Å². The summed E-state index contributed by atoms with van der Waals surface area (Å²) < 4.78 is 0. The maximum atomic E-state index is 4.22. The van der Waals surface area contributed by atoms with Gasteiger partial charge in [-0.1, -0.05) is 0 Å². The Kier molecular flexibility index (Phi) is 1.74. The van der Waals surface area contributed by atoms with Gasteiger partial charge in [0.25, 0.3) is 0 Å². The summed E-state index contributed by atoms with van der Waals surface area (Å²) in [7, 11) is 0. The molecule has 0 aliphatic carbocycles. The van der Waals surface area contributed by atoms with Crippen molar-refractivity contribution in [2.45, 2.75) is 11.8 Å². The first kappa shape index (κ1) is 6.98. The van der Waals surface area contributed by atoms with Crippen molar-refractivity contribution in [3.63, 3.8) is 0 Å². The van der Waals surface area contributed by atoms with Gasteiger partial charge in [0.1, 0.15) is 0 Å². The zero-order valence-electron chi connectivity index (χ0n) is 6.42. The van der Waals surface area contributed by atoms with Crippen LogP contribution in [0.2, 0.25) is 0 Å². The number of anilines is 1. The second kappa shape index (κ2) is 2.74. The summed E-state index contributed by atoms with van der Waals surface area (Å²) in [5, 5.41) is 3.31. The summed E-state index contributed by atoms with van der Waals surface area (Å²) in [4.78, 5) is 5.55. The molecule has 58 valence electrons. The quantitative estimate of drug-likeness (QED) is 0.637. The van der Waals surface area contributed by atoms with Crippen molar-refractivity contribution in [1.82, 2.24) is 4.98 Å². The molecule has 0 saturated heterocycles. The fourth-order valence-corrected chi connectivity index (χ4v) is 2.09. The largest absolute Gasteiger partial charge is 0.382 e. The van der Waals surface area contributed by atoms with Gasteiger partial charge in [0.05, 0.1) is 11.9 Å². The molecular weight excluding hydrogens is 156 g/mol. The average molecular weight is 166 g/mol. The number of rotatable bonds is 0. The lowest BCUT2D eigenvalue weighted by atomic mass is 10.3. The zero-order valence-corrected chi connectivity index (χ0v) is 7.24. The van der Waals surface area contributed by atoms with E-state index >= 15 is 0 Å². The van der Waals surface area contributed by atoms with Gasteiger partial charge in [-0.15, -0.1) is 11.8 Å². The standard InChI is InChI=1S/C8H10N2S/c1-6-4-8-7(5-10-6)9-2-3-11-8/h4-5,9H,2-3H2,1H3. The molecule has 0 amide bonds. The van der Waals surface area contributed by atoms with Crippen molar-refractivity contribution in [2.75, 3.05) is 17.6 Å². The molecular formula is C8H10N2S. The second-order valence-electron chi connectivity index (χ2n) is 2.60. The zero-order chi connectivity index (χ0) is 7.68. The van der Waals surface area contributed by atoms with Gasteiger partial charge in [0.2, 0.25) is 0 Å². The lowest BCUT2D eigenvalue weighted by molar-refractivity contribution is 1.10. The van der Waals surface area contributed by atoms with Crippen LogP contribution in [0.5, 0.6) is 0 Å². The Morgan fingerprint density at radius 2 is 2.55 bits per heavy atom. The van der Waals surface area contributed by atoms with Crippen LogP contribution < -0.4 is 5.32 Å². The van der Waals surface area contributed by atoms with E-state index in [0.717, 1.165) is 18.0 Å². The van der Waals surface area contributed by atoms with Crippen molar-refractivity contribution in [1.29, 1.82) is 0 Å². The third-order valence-corrected chi connectivity index (χ3v) is 2.73. The molecule has 0 bridgehead atoms. The average Bonchev–Trinajstić information content (AvgIpc) is 2.04. The number of aryl methyl sites for hydroxylation is 1. The SMILES string of the molecule is Cc1cc2c(cn1)NCCS2. The van der Waals surface area contributed by atoms with E-state index in [0.29, 0.717) is 0 Å². The Morgan fingerprint density at radius 1 is 1.64 bits per heavy atom. The first-order chi connectivity index (χ1) is 5.36. The summed E-state index contributed by atoms with van der Waals surface area (Å²) in [6, 6.07) is 2.13. The van der Waals surface area contributed by atoms with E-state index in [9.17, 15) is 0 Å². The molecule has 3 heteroatoms. The third-order valence-electron chi connectivity index (χ3n) is 1.68. The molecule has 0 spiro atoms. The van der Waals surface area contributed by atoms with Crippen molar-refractivity contribution in [2.24, 2.45) is 0 Å². The van der Waals surface area contributed by atoms with E-state index < -0.39 is 0 Å². The summed E-state index contributed by atoms with van der Waals surface area (Å²) >= 11 is 1.90. The lowest BCUT2D eigenvalue weighted by Crippen LogP contribution is -2.10. The summed E-state index contributed by atoms with van der Waals surface area (Å²) in [6.07, 6.45) is 1.91. The molecule has 2 rings (SSSR count). The Balaban J connectivity index is 2.43. The molecule has 11 heavy (non-hydrogen) atoms. The van der Waals surface area contributed by atoms with Crippen LogP contribution in [0, 0.1) is 6.92 Å². The summed E-state index contributed by atoms with van der Waals surface area (Å²) in [5.41, 5.74) is 2.28. The molecule has 1 aliphatic rings. The summed E-state index contributed by atoms with van der Waals surface area (Å²) in [6.45, 7) is 3.08. The minimum atomic E-state index is 1.06. The van der Waals surface area contributed by atoms with Gasteiger partial charge in [0, 0.05) is 22.9 Å². The third kappa shape index (κ3) is 1.33. The van der Waals surface area contributed by atoms with Crippen LogP contribution in [0.25, 0.3) is 0 Å². The van der Waals surface area contributed by atoms with Crippen LogP contribution in [0.1, 0.15) is 5.69 Å². The van der Waals surface area contributed by atoms with Crippen LogP contribution in [-0.4, -0.2) is 17.3 Å². The molecule has 2 heterocycles. The van der Waals surface area contributed by atoms with E-state index in [1.54, 1.807) is 0 Å². The van der Waals surface area contributed by atoms with E-state index in [2.05, 4.69) is 16.4 Å². The fraction of sp³-hybridized carbons (Fsp3) is 0.375. The smallest absolute Gasteiger partial charge is 0.0665 e. The molecule has 1 aromatic heterocycles. The number of aromatic nitrogens is 1. The molecule has 0 atom stereocenters. The van der Waals surface area contributed by atoms with Gasteiger partial charge in [0.15, 0.2) is 0 Å². The topological polar surface area (TPSA) is 24.9 Å². The first-order valence-electron chi connectivity index (χ1n) is 3.69. The lowest BCUT2D eigenvalue weighted by Gasteiger charge is -2.16. The van der Waals surface area contributed by atoms with Gasteiger partial charge in [-0.25, -0.2) is 0 Å².